The number of morpholine rings is 1. The molecule has 0 amide bonds. The SMILES string of the molecule is O=C(Oc1ccc(/C=N/NC(=S)NCCN2CCOCC2)cc1)c1cccnc1. The molecule has 3 rings (SSSR count). The molecule has 9 heteroatoms. The zero-order chi connectivity index (χ0) is 20.3. The van der Waals surface area contributed by atoms with Gasteiger partial charge in [0.2, 0.25) is 0 Å². The van der Waals surface area contributed by atoms with E-state index in [1.165, 1.54) is 6.20 Å². The van der Waals surface area contributed by atoms with Crippen molar-refractivity contribution < 1.29 is 14.3 Å². The summed E-state index contributed by atoms with van der Waals surface area (Å²) in [6.07, 6.45) is 4.71. The fourth-order valence-electron chi connectivity index (χ4n) is 2.63. The maximum absolute atomic E-state index is 12.0. The normalized spacial score (nSPS) is 14.5. The lowest BCUT2D eigenvalue weighted by molar-refractivity contribution is 0.0389. The summed E-state index contributed by atoms with van der Waals surface area (Å²) in [5.74, 6) is -0.000974. The summed E-state index contributed by atoms with van der Waals surface area (Å²) in [6, 6.07) is 10.3. The molecule has 1 aliphatic heterocycles. The minimum absolute atomic E-state index is 0.400. The average molecular weight is 414 g/mol. The first-order valence-corrected chi connectivity index (χ1v) is 9.71. The van der Waals surface area contributed by atoms with Gasteiger partial charge in [-0.2, -0.15) is 5.10 Å². The Kier molecular flexibility index (Phi) is 8.05. The number of esters is 1. The number of pyridine rings is 1. The van der Waals surface area contributed by atoms with Crippen molar-refractivity contribution in [2.24, 2.45) is 5.10 Å². The summed E-state index contributed by atoms with van der Waals surface area (Å²) in [6.45, 7) is 5.14. The van der Waals surface area contributed by atoms with Gasteiger partial charge in [-0.3, -0.25) is 15.3 Å². The van der Waals surface area contributed by atoms with E-state index >= 15 is 0 Å². The second kappa shape index (κ2) is 11.2. The maximum atomic E-state index is 12.0. The molecule has 8 nitrogen and oxygen atoms in total. The van der Waals surface area contributed by atoms with Crippen molar-refractivity contribution >= 4 is 29.5 Å². The van der Waals surface area contributed by atoms with E-state index < -0.39 is 5.97 Å². The molecule has 1 fully saturated rings. The zero-order valence-corrected chi connectivity index (χ0v) is 16.7. The number of nitrogens with zero attached hydrogens (tertiary/aromatic N) is 3. The Morgan fingerprint density at radius 3 is 2.79 bits per heavy atom. The van der Waals surface area contributed by atoms with Gasteiger partial charge in [-0.25, -0.2) is 4.79 Å². The number of hydrogen-bond donors (Lipinski definition) is 2. The van der Waals surface area contributed by atoms with E-state index in [-0.39, 0.29) is 0 Å². The molecule has 1 aromatic heterocycles. The van der Waals surface area contributed by atoms with E-state index in [0.29, 0.717) is 16.4 Å². The van der Waals surface area contributed by atoms with Gasteiger partial charge < -0.3 is 14.8 Å². The van der Waals surface area contributed by atoms with E-state index in [9.17, 15) is 4.79 Å². The Labute approximate surface area is 174 Å². The lowest BCUT2D eigenvalue weighted by Crippen LogP contribution is -2.42. The molecule has 0 saturated carbocycles. The van der Waals surface area contributed by atoms with Crippen LogP contribution in [0.15, 0.2) is 53.9 Å². The molecule has 1 saturated heterocycles. The van der Waals surface area contributed by atoms with Crippen LogP contribution in [0.25, 0.3) is 0 Å². The first-order valence-electron chi connectivity index (χ1n) is 9.30. The van der Waals surface area contributed by atoms with Crippen LogP contribution in [0, 0.1) is 0 Å². The minimum Gasteiger partial charge on any atom is -0.423 e. The van der Waals surface area contributed by atoms with Crippen molar-refractivity contribution in [1.29, 1.82) is 0 Å². The monoisotopic (exact) mass is 413 g/mol. The Morgan fingerprint density at radius 1 is 1.28 bits per heavy atom. The average Bonchev–Trinajstić information content (AvgIpc) is 2.76. The first-order chi connectivity index (χ1) is 14.2. The molecular formula is C20H23N5O3S. The highest BCUT2D eigenvalue weighted by Gasteiger charge is 2.09. The van der Waals surface area contributed by atoms with Gasteiger partial charge in [-0.15, -0.1) is 0 Å². The number of ether oxygens (including phenoxy) is 2. The number of benzene rings is 1. The number of carbonyl (C=O) groups is 1. The van der Waals surface area contributed by atoms with Crippen molar-refractivity contribution in [3.05, 3.63) is 59.9 Å². The van der Waals surface area contributed by atoms with Crippen LogP contribution in [0.1, 0.15) is 15.9 Å². The predicted molar refractivity (Wildman–Crippen MR) is 114 cm³/mol. The van der Waals surface area contributed by atoms with Gasteiger partial charge >= 0.3 is 5.97 Å². The number of carbonyl (C=O) groups excluding carboxylic acids is 1. The second-order valence-electron chi connectivity index (χ2n) is 6.28. The van der Waals surface area contributed by atoms with Crippen molar-refractivity contribution in [3.8, 4) is 5.75 Å². The third kappa shape index (κ3) is 7.22. The largest absolute Gasteiger partial charge is 0.423 e. The molecule has 0 atom stereocenters. The fourth-order valence-corrected chi connectivity index (χ4v) is 2.78. The van der Waals surface area contributed by atoms with Gasteiger partial charge in [-0.1, -0.05) is 0 Å². The number of thiocarbonyl (C=S) groups is 1. The van der Waals surface area contributed by atoms with Crippen molar-refractivity contribution in [2.75, 3.05) is 39.4 Å². The van der Waals surface area contributed by atoms with Crippen LogP contribution in [0.5, 0.6) is 5.75 Å². The summed E-state index contributed by atoms with van der Waals surface area (Å²) in [5.41, 5.74) is 4.03. The summed E-state index contributed by atoms with van der Waals surface area (Å²) in [4.78, 5) is 18.2. The molecule has 2 heterocycles. The van der Waals surface area contributed by atoms with E-state index in [2.05, 4.69) is 25.7 Å². The molecule has 0 radical (unpaired) electrons. The quantitative estimate of drug-likeness (QED) is 0.232. The van der Waals surface area contributed by atoms with Gasteiger partial charge in [0.1, 0.15) is 5.75 Å². The molecule has 1 aromatic carbocycles. The van der Waals surface area contributed by atoms with Crippen LogP contribution >= 0.6 is 12.2 Å². The fraction of sp³-hybridized carbons (Fsp3) is 0.300. The van der Waals surface area contributed by atoms with E-state index in [1.54, 1.807) is 48.8 Å². The second-order valence-corrected chi connectivity index (χ2v) is 6.69. The lowest BCUT2D eigenvalue weighted by Gasteiger charge is -2.26. The van der Waals surface area contributed by atoms with Gasteiger partial charge in [-0.05, 0) is 54.2 Å². The summed E-state index contributed by atoms with van der Waals surface area (Å²) in [5, 5.41) is 7.71. The highest BCUT2D eigenvalue weighted by Crippen LogP contribution is 2.13. The topological polar surface area (TPSA) is 88.1 Å². The Balaban J connectivity index is 1.38. The van der Waals surface area contributed by atoms with Crippen LogP contribution in [0.3, 0.4) is 0 Å². The summed E-state index contributed by atoms with van der Waals surface area (Å²) >= 11 is 5.21. The molecule has 0 spiro atoms. The molecule has 0 bridgehead atoms. The smallest absolute Gasteiger partial charge is 0.345 e. The van der Waals surface area contributed by atoms with Gasteiger partial charge in [0, 0.05) is 38.6 Å². The van der Waals surface area contributed by atoms with Crippen molar-refractivity contribution in [3.63, 3.8) is 0 Å². The number of aromatic nitrogens is 1. The lowest BCUT2D eigenvalue weighted by atomic mass is 10.2. The van der Waals surface area contributed by atoms with Crippen molar-refractivity contribution in [2.45, 2.75) is 0 Å². The minimum atomic E-state index is -0.449. The molecule has 2 N–H and O–H groups in total. The Bertz CT molecular complexity index is 824. The molecule has 29 heavy (non-hydrogen) atoms. The predicted octanol–water partition coefficient (Wildman–Crippen LogP) is 1.43. The molecular weight excluding hydrogens is 390 g/mol. The van der Waals surface area contributed by atoms with Gasteiger partial charge in [0.15, 0.2) is 5.11 Å². The van der Waals surface area contributed by atoms with Gasteiger partial charge in [0.05, 0.1) is 25.0 Å². The van der Waals surface area contributed by atoms with Crippen LogP contribution in [-0.2, 0) is 4.74 Å². The number of rotatable bonds is 7. The van der Waals surface area contributed by atoms with Crippen LogP contribution in [0.4, 0.5) is 0 Å². The van der Waals surface area contributed by atoms with Gasteiger partial charge in [0.25, 0.3) is 0 Å². The number of hydrogen-bond acceptors (Lipinski definition) is 7. The van der Waals surface area contributed by atoms with E-state index in [0.717, 1.165) is 45.0 Å². The molecule has 0 aliphatic carbocycles. The summed E-state index contributed by atoms with van der Waals surface area (Å²) in [7, 11) is 0. The van der Waals surface area contributed by atoms with Crippen LogP contribution in [0.2, 0.25) is 0 Å². The standard InChI is InChI=1S/C20H23N5O3S/c26-19(17-2-1-7-21-15-17)28-18-5-3-16(4-6-18)14-23-24-20(29)22-8-9-25-10-12-27-13-11-25/h1-7,14-15H,8-13H2,(H2,22,24,29)/b23-14+. The highest BCUT2D eigenvalue weighted by molar-refractivity contribution is 7.80. The Morgan fingerprint density at radius 2 is 2.07 bits per heavy atom. The highest BCUT2D eigenvalue weighted by atomic mass is 32.1. The van der Waals surface area contributed by atoms with E-state index in [1.807, 2.05) is 0 Å². The third-order valence-electron chi connectivity index (χ3n) is 4.18. The van der Waals surface area contributed by atoms with Crippen LogP contribution in [-0.4, -0.2) is 66.6 Å². The molecule has 152 valence electrons. The number of nitrogens with one attached hydrogen (secondary N) is 2. The zero-order valence-electron chi connectivity index (χ0n) is 15.9. The van der Waals surface area contributed by atoms with E-state index in [4.69, 9.17) is 21.7 Å². The molecule has 2 aromatic rings. The molecule has 1 aliphatic rings. The third-order valence-corrected chi connectivity index (χ3v) is 4.42. The van der Waals surface area contributed by atoms with Crippen molar-refractivity contribution in [1.82, 2.24) is 20.6 Å². The Hall–Kier alpha value is -2.88. The molecule has 0 unspecified atom stereocenters. The number of hydrazone groups is 1. The summed E-state index contributed by atoms with van der Waals surface area (Å²) < 4.78 is 10.6. The maximum Gasteiger partial charge on any atom is 0.345 e. The first kappa shape index (κ1) is 20.8. The van der Waals surface area contributed by atoms with Crippen LogP contribution < -0.4 is 15.5 Å².